The lowest BCUT2D eigenvalue weighted by Gasteiger charge is -2.05. The number of hydrogen-bond acceptors (Lipinski definition) is 4. The first-order valence-electron chi connectivity index (χ1n) is 4.65. The van der Waals surface area contributed by atoms with Crippen molar-refractivity contribution in [2.45, 2.75) is 6.92 Å². The minimum atomic E-state index is 0.328. The molecule has 0 atom stereocenters. The molecule has 1 aromatic heterocycles. The molecule has 15 heavy (non-hydrogen) atoms. The smallest absolute Gasteiger partial charge is 0.241 e. The van der Waals surface area contributed by atoms with Crippen molar-refractivity contribution in [1.82, 2.24) is 10.2 Å². The monoisotopic (exact) mass is 199 g/mol. The molecule has 4 heteroatoms. The molecule has 0 aliphatic rings. The number of ether oxygens (including phenoxy) is 1. The summed E-state index contributed by atoms with van der Waals surface area (Å²) in [6.07, 6.45) is 0. The van der Waals surface area contributed by atoms with Gasteiger partial charge < -0.3 is 4.74 Å². The summed E-state index contributed by atoms with van der Waals surface area (Å²) in [5, 5.41) is 18.1. The minimum absolute atomic E-state index is 0.328. The van der Waals surface area contributed by atoms with Crippen molar-refractivity contribution in [2.24, 2.45) is 0 Å². The van der Waals surface area contributed by atoms with E-state index in [1.165, 1.54) is 0 Å². The predicted molar refractivity (Wildman–Crippen MR) is 55.4 cm³/mol. The van der Waals surface area contributed by atoms with Gasteiger partial charge in [-0.25, -0.2) is 0 Å². The van der Waals surface area contributed by atoms with E-state index in [1.54, 1.807) is 0 Å². The summed E-state index contributed by atoms with van der Waals surface area (Å²) in [6.45, 7) is 2.42. The summed E-state index contributed by atoms with van der Waals surface area (Å²) in [5.74, 6) is 0.479. The average molecular weight is 199 g/mol. The second-order valence-electron chi connectivity index (χ2n) is 2.94. The Morgan fingerprint density at radius 3 is 2.67 bits per heavy atom. The summed E-state index contributed by atoms with van der Waals surface area (Å²) in [4.78, 5) is 0. The Balaban J connectivity index is 2.73. The molecule has 4 nitrogen and oxygen atoms in total. The Bertz CT molecular complexity index is 531. The van der Waals surface area contributed by atoms with Gasteiger partial charge >= 0.3 is 0 Å². The third-order valence-electron chi connectivity index (χ3n) is 2.04. The maximum atomic E-state index is 8.86. The highest BCUT2D eigenvalue weighted by Gasteiger charge is 2.08. The third kappa shape index (κ3) is 1.59. The van der Waals surface area contributed by atoms with E-state index < -0.39 is 0 Å². The molecule has 0 spiro atoms. The Hall–Kier alpha value is -2.15. The van der Waals surface area contributed by atoms with Crippen molar-refractivity contribution in [3.05, 3.63) is 30.0 Å². The summed E-state index contributed by atoms with van der Waals surface area (Å²) < 4.78 is 5.34. The molecule has 74 valence electrons. The van der Waals surface area contributed by atoms with Crippen LogP contribution >= 0.6 is 0 Å². The van der Waals surface area contributed by atoms with Crippen LogP contribution in [0.4, 0.5) is 0 Å². The van der Waals surface area contributed by atoms with Crippen LogP contribution in [0.1, 0.15) is 12.6 Å². The van der Waals surface area contributed by atoms with Crippen molar-refractivity contribution in [3.8, 4) is 11.9 Å². The molecule has 2 rings (SSSR count). The van der Waals surface area contributed by atoms with Gasteiger partial charge in [0.25, 0.3) is 0 Å². The van der Waals surface area contributed by atoms with E-state index in [-0.39, 0.29) is 0 Å². The van der Waals surface area contributed by atoms with Crippen molar-refractivity contribution in [2.75, 3.05) is 6.61 Å². The van der Waals surface area contributed by atoms with E-state index in [2.05, 4.69) is 10.2 Å². The van der Waals surface area contributed by atoms with Gasteiger partial charge in [0.2, 0.25) is 5.88 Å². The van der Waals surface area contributed by atoms with Crippen molar-refractivity contribution < 1.29 is 4.74 Å². The van der Waals surface area contributed by atoms with Gasteiger partial charge in [-0.1, -0.05) is 18.2 Å². The average Bonchev–Trinajstić information content (AvgIpc) is 2.30. The number of benzene rings is 1. The van der Waals surface area contributed by atoms with Gasteiger partial charge in [0.1, 0.15) is 6.07 Å². The molecule has 0 saturated carbocycles. The van der Waals surface area contributed by atoms with Gasteiger partial charge in [0, 0.05) is 10.8 Å². The van der Waals surface area contributed by atoms with E-state index in [1.807, 2.05) is 37.3 Å². The topological polar surface area (TPSA) is 58.8 Å². The van der Waals surface area contributed by atoms with E-state index in [4.69, 9.17) is 10.00 Å². The summed E-state index contributed by atoms with van der Waals surface area (Å²) >= 11 is 0. The number of nitriles is 1. The molecule has 0 N–H and O–H groups in total. The Morgan fingerprint density at radius 2 is 2.00 bits per heavy atom. The number of rotatable bonds is 2. The molecular weight excluding hydrogens is 190 g/mol. The van der Waals surface area contributed by atoms with Crippen LogP contribution < -0.4 is 4.74 Å². The summed E-state index contributed by atoms with van der Waals surface area (Å²) in [5.41, 5.74) is 0.328. The van der Waals surface area contributed by atoms with Crippen LogP contribution in [0.3, 0.4) is 0 Å². The number of nitrogens with zero attached hydrogens (tertiary/aromatic N) is 3. The molecule has 0 amide bonds. The SMILES string of the molecule is CCOc1nnc(C#N)c2ccccc12. The zero-order valence-corrected chi connectivity index (χ0v) is 8.27. The second kappa shape index (κ2) is 3.93. The van der Waals surface area contributed by atoms with Crippen LogP contribution in [0, 0.1) is 11.3 Å². The normalized spacial score (nSPS) is 9.87. The fraction of sp³-hybridized carbons (Fsp3) is 0.182. The number of fused-ring (bicyclic) bond motifs is 1. The van der Waals surface area contributed by atoms with Crippen LogP contribution in [-0.2, 0) is 0 Å². The standard InChI is InChI=1S/C11H9N3O/c1-2-15-11-9-6-4-3-5-8(9)10(7-12)13-14-11/h3-6H,2H2,1H3. The Morgan fingerprint density at radius 1 is 1.27 bits per heavy atom. The molecule has 0 bridgehead atoms. The maximum absolute atomic E-state index is 8.86. The Labute approximate surface area is 87.1 Å². The Kier molecular flexibility index (Phi) is 2.46. The van der Waals surface area contributed by atoms with Crippen LogP contribution in [0.25, 0.3) is 10.8 Å². The second-order valence-corrected chi connectivity index (χ2v) is 2.94. The van der Waals surface area contributed by atoms with E-state index >= 15 is 0 Å². The van der Waals surface area contributed by atoms with Crippen LogP contribution in [0.5, 0.6) is 5.88 Å². The number of aromatic nitrogens is 2. The van der Waals surface area contributed by atoms with Gasteiger partial charge in [-0.05, 0) is 13.0 Å². The molecule has 1 aromatic carbocycles. The summed E-state index contributed by atoms with van der Waals surface area (Å²) in [6, 6.07) is 9.46. The molecular formula is C11H9N3O. The summed E-state index contributed by atoms with van der Waals surface area (Å²) in [7, 11) is 0. The highest BCUT2D eigenvalue weighted by molar-refractivity contribution is 5.89. The lowest BCUT2D eigenvalue weighted by atomic mass is 10.1. The van der Waals surface area contributed by atoms with Crippen LogP contribution in [0.15, 0.2) is 24.3 Å². The zero-order chi connectivity index (χ0) is 10.7. The molecule has 1 heterocycles. The van der Waals surface area contributed by atoms with Gasteiger partial charge in [-0.2, -0.15) is 5.26 Å². The van der Waals surface area contributed by atoms with Crippen molar-refractivity contribution >= 4 is 10.8 Å². The minimum Gasteiger partial charge on any atom is -0.476 e. The quantitative estimate of drug-likeness (QED) is 0.741. The fourth-order valence-electron chi connectivity index (χ4n) is 1.41. The first kappa shape index (κ1) is 9.41. The van der Waals surface area contributed by atoms with E-state index in [9.17, 15) is 0 Å². The van der Waals surface area contributed by atoms with Crippen LogP contribution in [0.2, 0.25) is 0 Å². The lowest BCUT2D eigenvalue weighted by molar-refractivity contribution is 0.327. The largest absolute Gasteiger partial charge is 0.476 e. The van der Waals surface area contributed by atoms with Gasteiger partial charge in [0.05, 0.1) is 6.61 Å². The molecule has 2 aromatic rings. The van der Waals surface area contributed by atoms with Crippen molar-refractivity contribution in [1.29, 1.82) is 5.26 Å². The molecule has 0 saturated heterocycles. The lowest BCUT2D eigenvalue weighted by Crippen LogP contribution is -1.99. The zero-order valence-electron chi connectivity index (χ0n) is 8.27. The first-order chi connectivity index (χ1) is 7.36. The van der Waals surface area contributed by atoms with Gasteiger partial charge in [0.15, 0.2) is 5.69 Å². The molecule has 0 aliphatic carbocycles. The van der Waals surface area contributed by atoms with Gasteiger partial charge in [-0.15, -0.1) is 10.2 Å². The molecule has 0 unspecified atom stereocenters. The highest BCUT2D eigenvalue weighted by Crippen LogP contribution is 2.23. The molecule has 0 radical (unpaired) electrons. The maximum Gasteiger partial charge on any atom is 0.241 e. The van der Waals surface area contributed by atoms with Crippen LogP contribution in [-0.4, -0.2) is 16.8 Å². The first-order valence-corrected chi connectivity index (χ1v) is 4.65. The predicted octanol–water partition coefficient (Wildman–Crippen LogP) is 1.90. The van der Waals surface area contributed by atoms with Crippen molar-refractivity contribution in [3.63, 3.8) is 0 Å². The van der Waals surface area contributed by atoms with E-state index in [0.717, 1.165) is 10.8 Å². The highest BCUT2D eigenvalue weighted by atomic mass is 16.5. The number of hydrogen-bond donors (Lipinski definition) is 0. The third-order valence-corrected chi connectivity index (χ3v) is 2.04. The fourth-order valence-corrected chi connectivity index (χ4v) is 1.41. The molecule has 0 fully saturated rings. The van der Waals surface area contributed by atoms with E-state index in [0.29, 0.717) is 18.2 Å². The molecule has 0 aliphatic heterocycles. The van der Waals surface area contributed by atoms with Gasteiger partial charge in [-0.3, -0.25) is 0 Å².